The van der Waals surface area contributed by atoms with Crippen LogP contribution in [-0.2, 0) is 4.74 Å². The Labute approximate surface area is 223 Å². The van der Waals surface area contributed by atoms with Crippen LogP contribution in [0, 0.1) is 0 Å². The van der Waals surface area contributed by atoms with E-state index in [4.69, 9.17) is 21.1 Å². The molecule has 3 aromatic carbocycles. The Hall–Kier alpha value is -3.02. The number of rotatable bonds is 5. The van der Waals surface area contributed by atoms with Crippen LogP contribution in [0.3, 0.4) is 0 Å². The molecule has 192 valence electrons. The summed E-state index contributed by atoms with van der Waals surface area (Å²) >= 11 is 6.33. The van der Waals surface area contributed by atoms with Gasteiger partial charge in [0.2, 0.25) is 0 Å². The Bertz CT molecular complexity index is 1220. The summed E-state index contributed by atoms with van der Waals surface area (Å²) in [6, 6.07) is 22.9. The van der Waals surface area contributed by atoms with E-state index in [1.54, 1.807) is 0 Å². The first-order chi connectivity index (χ1) is 18.2. The molecule has 3 aromatic rings. The van der Waals surface area contributed by atoms with Crippen molar-refractivity contribution in [2.75, 3.05) is 32.8 Å². The van der Waals surface area contributed by atoms with Crippen LogP contribution in [-0.4, -0.2) is 49.9 Å². The highest BCUT2D eigenvalue weighted by atomic mass is 35.5. The largest absolute Gasteiger partial charge is 0.490 e. The average molecular weight is 517 g/mol. The van der Waals surface area contributed by atoms with E-state index in [0.29, 0.717) is 30.6 Å². The molecule has 0 radical (unpaired) electrons. The van der Waals surface area contributed by atoms with Crippen molar-refractivity contribution < 1.29 is 14.3 Å². The van der Waals surface area contributed by atoms with E-state index in [1.807, 2.05) is 17.0 Å². The lowest BCUT2D eigenvalue weighted by Crippen LogP contribution is -2.42. The number of hydrogen-bond donors (Lipinski definition) is 1. The van der Waals surface area contributed by atoms with E-state index in [0.717, 1.165) is 44.5 Å². The van der Waals surface area contributed by atoms with Crippen molar-refractivity contribution in [3.63, 3.8) is 0 Å². The Morgan fingerprint density at radius 2 is 1.51 bits per heavy atom. The van der Waals surface area contributed by atoms with Crippen LogP contribution in [0.2, 0.25) is 5.02 Å². The molecule has 0 unspecified atom stereocenters. The number of piperidine rings is 2. The lowest BCUT2D eigenvalue weighted by Gasteiger charge is -2.33. The lowest BCUT2D eigenvalue weighted by molar-refractivity contribution is 0.0658. The Balaban J connectivity index is 1.05. The molecule has 6 rings (SSSR count). The van der Waals surface area contributed by atoms with Gasteiger partial charge in [0.25, 0.3) is 0 Å². The molecule has 2 fully saturated rings. The number of nitrogens with one attached hydrogen (secondary N) is 1. The molecule has 6 heteroatoms. The van der Waals surface area contributed by atoms with Crippen molar-refractivity contribution in [3.8, 4) is 16.9 Å². The van der Waals surface area contributed by atoms with E-state index in [9.17, 15) is 4.79 Å². The van der Waals surface area contributed by atoms with Gasteiger partial charge in [0.15, 0.2) is 0 Å². The van der Waals surface area contributed by atoms with Crippen molar-refractivity contribution in [3.05, 3.63) is 88.4 Å². The maximum absolute atomic E-state index is 13.0. The summed E-state index contributed by atoms with van der Waals surface area (Å²) in [5.41, 5.74) is 6.19. The third-order valence-corrected chi connectivity index (χ3v) is 8.32. The summed E-state index contributed by atoms with van der Waals surface area (Å²) < 4.78 is 12.4. The first-order valence-corrected chi connectivity index (χ1v) is 13.8. The summed E-state index contributed by atoms with van der Waals surface area (Å²) in [6.07, 6.45) is 3.61. The summed E-state index contributed by atoms with van der Waals surface area (Å²) in [6.45, 7) is 3.68. The molecule has 0 atom stereocenters. The summed E-state index contributed by atoms with van der Waals surface area (Å²) in [5, 5.41) is 4.13. The number of amides is 1. The Kier molecular flexibility index (Phi) is 7.08. The van der Waals surface area contributed by atoms with Gasteiger partial charge in [-0.3, -0.25) is 0 Å². The molecular weight excluding hydrogens is 484 g/mol. The molecule has 2 aliphatic heterocycles. The highest BCUT2D eigenvalue weighted by Gasteiger charge is 2.31. The third-order valence-electron chi connectivity index (χ3n) is 8.08. The number of hydrogen-bond acceptors (Lipinski definition) is 4. The molecule has 0 spiro atoms. The fourth-order valence-corrected chi connectivity index (χ4v) is 6.26. The monoisotopic (exact) mass is 516 g/mol. The van der Waals surface area contributed by atoms with E-state index in [2.05, 4.69) is 59.9 Å². The molecule has 1 N–H and O–H groups in total. The first-order valence-electron chi connectivity index (χ1n) is 13.4. The summed E-state index contributed by atoms with van der Waals surface area (Å²) in [4.78, 5) is 14.8. The standard InChI is InChI=1S/C31H33ClN2O3/c32-22-9-10-24(21-11-15-33-16-12-21)30(19-22)37-23-13-17-34(18-14-23)31(35)36-20-29-27-7-3-1-5-25(27)26-6-2-4-8-28(26)29/h1-10,19,21,23,29,33H,11-18,20H2. The minimum atomic E-state index is -0.238. The van der Waals surface area contributed by atoms with Crippen molar-refractivity contribution >= 4 is 17.7 Å². The Morgan fingerprint density at radius 1 is 0.865 bits per heavy atom. The van der Waals surface area contributed by atoms with Crippen LogP contribution in [0.5, 0.6) is 5.75 Å². The van der Waals surface area contributed by atoms with Gasteiger partial charge in [0.1, 0.15) is 18.5 Å². The number of fused-ring (bicyclic) bond motifs is 3. The van der Waals surface area contributed by atoms with Crippen molar-refractivity contribution in [2.45, 2.75) is 43.6 Å². The van der Waals surface area contributed by atoms with Gasteiger partial charge >= 0.3 is 6.09 Å². The second kappa shape index (κ2) is 10.8. The number of halogens is 1. The molecule has 1 amide bonds. The van der Waals surface area contributed by atoms with Crippen molar-refractivity contribution in [1.82, 2.24) is 10.2 Å². The van der Waals surface area contributed by atoms with Gasteiger partial charge in [0.05, 0.1) is 0 Å². The number of likely N-dealkylation sites (tertiary alicyclic amines) is 1. The fraction of sp³-hybridized carbons (Fsp3) is 0.387. The van der Waals surface area contributed by atoms with Gasteiger partial charge in [0, 0.05) is 36.9 Å². The van der Waals surface area contributed by atoms with E-state index in [-0.39, 0.29) is 18.1 Å². The molecule has 0 aromatic heterocycles. The average Bonchev–Trinajstić information content (AvgIpc) is 3.26. The van der Waals surface area contributed by atoms with Crippen molar-refractivity contribution in [2.24, 2.45) is 0 Å². The summed E-state index contributed by atoms with van der Waals surface area (Å²) in [7, 11) is 0. The van der Waals surface area contributed by atoms with Crippen molar-refractivity contribution in [1.29, 1.82) is 0 Å². The number of nitrogens with zero attached hydrogens (tertiary/aromatic N) is 1. The molecule has 2 heterocycles. The van der Waals surface area contributed by atoms with E-state index >= 15 is 0 Å². The van der Waals surface area contributed by atoms with Gasteiger partial charge in [-0.2, -0.15) is 0 Å². The predicted octanol–water partition coefficient (Wildman–Crippen LogP) is 6.60. The lowest BCUT2D eigenvalue weighted by atomic mass is 9.89. The fourth-order valence-electron chi connectivity index (χ4n) is 6.10. The third kappa shape index (κ3) is 5.07. The van der Waals surface area contributed by atoms with E-state index in [1.165, 1.54) is 27.8 Å². The van der Waals surface area contributed by atoms with Crippen LogP contribution < -0.4 is 10.1 Å². The van der Waals surface area contributed by atoms with Crippen LogP contribution in [0.25, 0.3) is 11.1 Å². The van der Waals surface area contributed by atoms with Gasteiger partial charge in [-0.15, -0.1) is 0 Å². The molecule has 0 bridgehead atoms. The highest BCUT2D eigenvalue weighted by Crippen LogP contribution is 2.44. The van der Waals surface area contributed by atoms with Gasteiger partial charge < -0.3 is 19.7 Å². The maximum atomic E-state index is 13.0. The van der Waals surface area contributed by atoms with E-state index < -0.39 is 0 Å². The molecule has 0 saturated carbocycles. The topological polar surface area (TPSA) is 50.8 Å². The molecule has 3 aliphatic rings. The zero-order chi connectivity index (χ0) is 25.2. The minimum Gasteiger partial charge on any atom is -0.490 e. The molecule has 37 heavy (non-hydrogen) atoms. The quantitative estimate of drug-likeness (QED) is 0.415. The molecule has 2 saturated heterocycles. The van der Waals surface area contributed by atoms with Gasteiger partial charge in [-0.1, -0.05) is 66.2 Å². The van der Waals surface area contributed by atoms with Gasteiger partial charge in [-0.25, -0.2) is 4.79 Å². The van der Waals surface area contributed by atoms with Crippen LogP contribution in [0.1, 0.15) is 54.2 Å². The highest BCUT2D eigenvalue weighted by molar-refractivity contribution is 6.30. The second-order valence-electron chi connectivity index (χ2n) is 10.3. The number of ether oxygens (including phenoxy) is 2. The number of carbonyl (C=O) groups is 1. The number of carbonyl (C=O) groups excluding carboxylic acids is 1. The van der Waals surface area contributed by atoms with Crippen LogP contribution in [0.4, 0.5) is 4.79 Å². The number of benzene rings is 3. The minimum absolute atomic E-state index is 0.0663. The zero-order valence-electron chi connectivity index (χ0n) is 21.0. The van der Waals surface area contributed by atoms with Crippen LogP contribution in [0.15, 0.2) is 66.7 Å². The maximum Gasteiger partial charge on any atom is 0.409 e. The normalized spacial score (nSPS) is 18.4. The molecular formula is C31H33ClN2O3. The SMILES string of the molecule is O=C(OCC1c2ccccc2-c2ccccc21)N1CCC(Oc2cc(Cl)ccc2C2CCNCC2)CC1. The van der Waals surface area contributed by atoms with Gasteiger partial charge in [-0.05, 0) is 71.8 Å². The summed E-state index contributed by atoms with van der Waals surface area (Å²) in [5.74, 6) is 1.47. The van der Waals surface area contributed by atoms with Crippen LogP contribution >= 0.6 is 11.6 Å². The molecule has 1 aliphatic carbocycles. The second-order valence-corrected chi connectivity index (χ2v) is 10.8. The first kappa shape index (κ1) is 24.3. The smallest absolute Gasteiger partial charge is 0.409 e. The zero-order valence-corrected chi connectivity index (χ0v) is 21.8. The molecule has 5 nitrogen and oxygen atoms in total. The predicted molar refractivity (Wildman–Crippen MR) is 147 cm³/mol. The Morgan fingerprint density at radius 3 is 2.19 bits per heavy atom.